The van der Waals surface area contributed by atoms with Gasteiger partial charge in [0.2, 0.25) is 0 Å². The monoisotopic (exact) mass is 516 g/mol. The second kappa shape index (κ2) is 8.95. The lowest BCUT2D eigenvalue weighted by Gasteiger charge is -2.38. The number of nitrogens with one attached hydrogen (secondary N) is 2. The second-order valence-electron chi connectivity index (χ2n) is 6.49. The SMILES string of the molecule is S=C(NCC1(c2cccc(Cl)c2)CCCCC1)Nc1ncc(Br)nc1Br. The summed E-state index contributed by atoms with van der Waals surface area (Å²) in [7, 11) is 0. The highest BCUT2D eigenvalue weighted by Gasteiger charge is 2.34. The van der Waals surface area contributed by atoms with Crippen LogP contribution < -0.4 is 10.6 Å². The van der Waals surface area contributed by atoms with E-state index in [9.17, 15) is 0 Å². The van der Waals surface area contributed by atoms with Gasteiger partial charge in [-0.05, 0) is 74.6 Å². The van der Waals surface area contributed by atoms with Crippen LogP contribution >= 0.6 is 55.7 Å². The molecule has 0 spiro atoms. The van der Waals surface area contributed by atoms with Crippen LogP contribution in [0.1, 0.15) is 37.7 Å². The van der Waals surface area contributed by atoms with Gasteiger partial charge in [-0.3, -0.25) is 0 Å². The van der Waals surface area contributed by atoms with Gasteiger partial charge in [0.25, 0.3) is 0 Å². The number of rotatable bonds is 4. The fourth-order valence-electron chi connectivity index (χ4n) is 3.45. The van der Waals surface area contributed by atoms with E-state index in [2.05, 4.69) is 64.6 Å². The molecule has 1 aliphatic rings. The van der Waals surface area contributed by atoms with Crippen LogP contribution in [-0.4, -0.2) is 21.6 Å². The van der Waals surface area contributed by atoms with Crippen molar-refractivity contribution in [3.63, 3.8) is 0 Å². The van der Waals surface area contributed by atoms with Crippen molar-refractivity contribution in [2.45, 2.75) is 37.5 Å². The van der Waals surface area contributed by atoms with Crippen LogP contribution in [0, 0.1) is 0 Å². The summed E-state index contributed by atoms with van der Waals surface area (Å²) in [6, 6.07) is 8.21. The second-order valence-corrected chi connectivity index (χ2v) is 8.90. The number of hydrogen-bond donors (Lipinski definition) is 2. The zero-order chi connectivity index (χ0) is 18.6. The molecule has 1 heterocycles. The topological polar surface area (TPSA) is 49.8 Å². The Bertz CT molecular complexity index is 797. The van der Waals surface area contributed by atoms with Crippen LogP contribution in [0.25, 0.3) is 0 Å². The summed E-state index contributed by atoms with van der Waals surface area (Å²) in [6.45, 7) is 0.765. The van der Waals surface area contributed by atoms with E-state index in [1.165, 1.54) is 24.8 Å². The minimum absolute atomic E-state index is 0.0531. The van der Waals surface area contributed by atoms with Crippen molar-refractivity contribution in [1.82, 2.24) is 15.3 Å². The van der Waals surface area contributed by atoms with Gasteiger partial charge in [-0.25, -0.2) is 9.97 Å². The molecule has 1 aromatic heterocycles. The molecule has 0 radical (unpaired) electrons. The highest BCUT2D eigenvalue weighted by Crippen LogP contribution is 2.39. The highest BCUT2D eigenvalue weighted by molar-refractivity contribution is 9.11. The zero-order valence-corrected chi connectivity index (χ0v) is 18.8. The molecule has 1 saturated carbocycles. The molecule has 0 unspecified atom stereocenters. The van der Waals surface area contributed by atoms with Crippen LogP contribution in [-0.2, 0) is 5.41 Å². The quantitative estimate of drug-likeness (QED) is 0.498. The number of nitrogens with zero attached hydrogens (tertiary/aromatic N) is 2. The third kappa shape index (κ3) is 4.94. The first-order valence-electron chi connectivity index (χ1n) is 8.47. The maximum absolute atomic E-state index is 6.24. The van der Waals surface area contributed by atoms with Gasteiger partial charge in [0.05, 0.1) is 6.20 Å². The van der Waals surface area contributed by atoms with Crippen molar-refractivity contribution in [2.24, 2.45) is 0 Å². The maximum atomic E-state index is 6.24. The smallest absolute Gasteiger partial charge is 0.172 e. The van der Waals surface area contributed by atoms with Crippen molar-refractivity contribution in [2.75, 3.05) is 11.9 Å². The number of benzene rings is 1. The van der Waals surface area contributed by atoms with Gasteiger partial charge in [0.15, 0.2) is 10.9 Å². The van der Waals surface area contributed by atoms with Gasteiger partial charge in [-0.15, -0.1) is 0 Å². The van der Waals surface area contributed by atoms with Gasteiger partial charge in [-0.2, -0.15) is 0 Å². The summed E-state index contributed by atoms with van der Waals surface area (Å²) in [6.07, 6.45) is 7.61. The molecule has 0 atom stereocenters. The molecule has 26 heavy (non-hydrogen) atoms. The normalized spacial score (nSPS) is 16.1. The van der Waals surface area contributed by atoms with Crippen LogP contribution in [0.2, 0.25) is 5.02 Å². The molecular formula is C18H19Br2ClN4S. The Hall–Kier alpha value is -0.760. The Morgan fingerprint density at radius 3 is 2.69 bits per heavy atom. The molecule has 0 bridgehead atoms. The van der Waals surface area contributed by atoms with E-state index in [4.69, 9.17) is 23.8 Å². The molecular weight excluding hydrogens is 500 g/mol. The molecule has 1 aromatic carbocycles. The summed E-state index contributed by atoms with van der Waals surface area (Å²) in [5.74, 6) is 0.589. The third-order valence-electron chi connectivity index (χ3n) is 4.77. The van der Waals surface area contributed by atoms with Crippen molar-refractivity contribution in [3.05, 3.63) is 50.3 Å². The Labute approximate surface area is 180 Å². The van der Waals surface area contributed by atoms with Crippen molar-refractivity contribution in [1.29, 1.82) is 0 Å². The average molecular weight is 519 g/mol. The van der Waals surface area contributed by atoms with Gasteiger partial charge in [0, 0.05) is 17.0 Å². The van der Waals surface area contributed by atoms with E-state index in [-0.39, 0.29) is 5.41 Å². The Kier molecular flexibility index (Phi) is 6.88. The molecule has 2 N–H and O–H groups in total. The number of thiocarbonyl (C=S) groups is 1. The summed E-state index contributed by atoms with van der Waals surface area (Å²) >= 11 is 18.4. The molecule has 8 heteroatoms. The minimum atomic E-state index is 0.0531. The van der Waals surface area contributed by atoms with Crippen molar-refractivity contribution >= 4 is 66.6 Å². The molecule has 0 amide bonds. The average Bonchev–Trinajstić information content (AvgIpc) is 2.63. The molecule has 0 aliphatic heterocycles. The van der Waals surface area contributed by atoms with E-state index in [1.807, 2.05) is 12.1 Å². The summed E-state index contributed by atoms with van der Waals surface area (Å²) < 4.78 is 1.27. The number of aromatic nitrogens is 2. The predicted molar refractivity (Wildman–Crippen MR) is 118 cm³/mol. The Morgan fingerprint density at radius 2 is 2.00 bits per heavy atom. The van der Waals surface area contributed by atoms with E-state index < -0.39 is 0 Å². The summed E-state index contributed by atoms with van der Waals surface area (Å²) in [4.78, 5) is 8.54. The Morgan fingerprint density at radius 1 is 1.23 bits per heavy atom. The highest BCUT2D eigenvalue weighted by atomic mass is 79.9. The molecule has 2 aromatic rings. The van der Waals surface area contributed by atoms with Crippen LogP contribution in [0.4, 0.5) is 5.82 Å². The van der Waals surface area contributed by atoms with Crippen LogP contribution in [0.5, 0.6) is 0 Å². The molecule has 138 valence electrons. The fraction of sp³-hybridized carbons (Fsp3) is 0.389. The largest absolute Gasteiger partial charge is 0.362 e. The molecule has 1 aliphatic carbocycles. The third-order valence-corrected chi connectivity index (χ3v) is 6.18. The maximum Gasteiger partial charge on any atom is 0.172 e. The van der Waals surface area contributed by atoms with Crippen LogP contribution in [0.15, 0.2) is 39.7 Å². The molecule has 0 saturated heterocycles. The first-order valence-corrected chi connectivity index (χ1v) is 10.8. The minimum Gasteiger partial charge on any atom is -0.362 e. The lowest BCUT2D eigenvalue weighted by molar-refractivity contribution is 0.292. The number of anilines is 1. The van der Waals surface area contributed by atoms with Crippen molar-refractivity contribution in [3.8, 4) is 0 Å². The van der Waals surface area contributed by atoms with Gasteiger partial charge >= 0.3 is 0 Å². The van der Waals surface area contributed by atoms with Gasteiger partial charge < -0.3 is 10.6 Å². The lowest BCUT2D eigenvalue weighted by Crippen LogP contribution is -2.43. The number of halogens is 3. The first kappa shape index (κ1) is 20.0. The first-order chi connectivity index (χ1) is 12.5. The number of hydrogen-bond acceptors (Lipinski definition) is 3. The van der Waals surface area contributed by atoms with E-state index in [0.29, 0.717) is 20.1 Å². The molecule has 1 fully saturated rings. The van der Waals surface area contributed by atoms with Crippen molar-refractivity contribution < 1.29 is 0 Å². The Balaban J connectivity index is 1.70. The summed E-state index contributed by atoms with van der Waals surface area (Å²) in [5, 5.41) is 7.80. The van der Waals surface area contributed by atoms with Crippen LogP contribution in [0.3, 0.4) is 0 Å². The standard InChI is InChI=1S/C18H19Br2ClN4S/c19-14-10-22-16(15(20)24-14)25-17(26)23-11-18(7-2-1-3-8-18)12-5-4-6-13(21)9-12/h4-6,9-10H,1-3,7-8,11H2,(H2,22,23,25,26). The van der Waals surface area contributed by atoms with Gasteiger partial charge in [-0.1, -0.05) is 43.0 Å². The zero-order valence-electron chi connectivity index (χ0n) is 14.1. The molecule has 4 nitrogen and oxygen atoms in total. The molecule has 3 rings (SSSR count). The summed E-state index contributed by atoms with van der Waals surface area (Å²) in [5.41, 5.74) is 1.34. The van der Waals surface area contributed by atoms with E-state index in [0.717, 1.165) is 24.4 Å². The van der Waals surface area contributed by atoms with E-state index in [1.54, 1.807) is 6.20 Å². The predicted octanol–water partition coefficient (Wildman–Crippen LogP) is 5.84. The van der Waals surface area contributed by atoms with Gasteiger partial charge in [0.1, 0.15) is 9.21 Å². The lowest BCUT2D eigenvalue weighted by atomic mass is 9.69. The fourth-order valence-corrected chi connectivity index (χ4v) is 4.72. The van der Waals surface area contributed by atoms with E-state index >= 15 is 0 Å².